The number of nitrogens with one attached hydrogen (secondary N) is 1. The maximum atomic E-state index is 13.6. The van der Waals surface area contributed by atoms with E-state index < -0.39 is 6.04 Å². The zero-order valence-electron chi connectivity index (χ0n) is 20.9. The van der Waals surface area contributed by atoms with Gasteiger partial charge in [0.05, 0.1) is 0 Å². The fourth-order valence-electron chi connectivity index (χ4n) is 3.96. The largest absolute Gasteiger partial charge is 0.354 e. The molecule has 190 valence electrons. The Morgan fingerprint density at radius 2 is 1.58 bits per heavy atom. The topological polar surface area (TPSA) is 49.4 Å². The summed E-state index contributed by atoms with van der Waals surface area (Å²) in [4.78, 5) is 28.8. The second kappa shape index (κ2) is 15.5. The van der Waals surface area contributed by atoms with Crippen molar-refractivity contribution >= 4 is 39.5 Å². The molecule has 0 saturated carbocycles. The molecule has 0 aromatic heterocycles. The van der Waals surface area contributed by atoms with E-state index in [4.69, 9.17) is 0 Å². The van der Waals surface area contributed by atoms with Crippen LogP contribution in [0, 0.1) is 0 Å². The van der Waals surface area contributed by atoms with Gasteiger partial charge in [-0.2, -0.15) is 11.8 Å². The number of hydrogen-bond acceptors (Lipinski definition) is 3. The second-order valence-electron chi connectivity index (χ2n) is 8.79. The third kappa shape index (κ3) is 9.47. The van der Waals surface area contributed by atoms with E-state index in [1.807, 2.05) is 72.8 Å². The molecule has 0 aliphatic carbocycles. The summed E-state index contributed by atoms with van der Waals surface area (Å²) in [5.74, 6) is 1.48. The van der Waals surface area contributed by atoms with Crippen LogP contribution in [0.4, 0.5) is 0 Å². The van der Waals surface area contributed by atoms with E-state index in [9.17, 15) is 9.59 Å². The molecule has 0 saturated heterocycles. The highest BCUT2D eigenvalue weighted by Gasteiger charge is 2.30. The first-order valence-electron chi connectivity index (χ1n) is 12.5. The van der Waals surface area contributed by atoms with Crippen molar-refractivity contribution in [3.05, 3.63) is 106 Å². The van der Waals surface area contributed by atoms with Gasteiger partial charge in [-0.1, -0.05) is 102 Å². The fourth-order valence-corrected chi connectivity index (χ4v) is 5.30. The molecule has 0 fully saturated rings. The number of rotatable bonds is 14. The van der Waals surface area contributed by atoms with Crippen LogP contribution >= 0.6 is 27.7 Å². The molecule has 1 atom stereocenters. The van der Waals surface area contributed by atoms with Crippen molar-refractivity contribution in [2.24, 2.45) is 0 Å². The van der Waals surface area contributed by atoms with Crippen LogP contribution in [0.15, 0.2) is 89.4 Å². The summed E-state index contributed by atoms with van der Waals surface area (Å²) in [5.41, 5.74) is 3.28. The average Bonchev–Trinajstić information content (AvgIpc) is 2.90. The molecule has 0 spiro atoms. The Hall–Kier alpha value is -2.57. The Morgan fingerprint density at radius 1 is 0.917 bits per heavy atom. The molecule has 0 heterocycles. The van der Waals surface area contributed by atoms with Gasteiger partial charge in [-0.25, -0.2) is 0 Å². The van der Waals surface area contributed by atoms with Gasteiger partial charge in [-0.05, 0) is 35.2 Å². The molecule has 3 aromatic rings. The molecule has 0 radical (unpaired) electrons. The van der Waals surface area contributed by atoms with Gasteiger partial charge in [-0.3, -0.25) is 9.59 Å². The van der Waals surface area contributed by atoms with Gasteiger partial charge in [0.1, 0.15) is 6.04 Å². The summed E-state index contributed by atoms with van der Waals surface area (Å²) in [6.45, 7) is 3.11. The standard InChI is InChI=1S/C30H35BrN2O2S/c1-2-3-18-32-30(35)28(21-24-11-6-4-7-12-24)33(22-26-15-10-16-27(31)20-26)29(34)17-19-36-23-25-13-8-5-9-14-25/h4-16,20,28H,2-3,17-19,21-23H2,1H3,(H,32,35)/t28-/m1/s1. The highest BCUT2D eigenvalue weighted by Crippen LogP contribution is 2.20. The number of carbonyl (C=O) groups is 2. The van der Waals surface area contributed by atoms with E-state index in [2.05, 4.69) is 40.3 Å². The first-order chi connectivity index (χ1) is 17.6. The van der Waals surface area contributed by atoms with Gasteiger partial charge < -0.3 is 10.2 Å². The van der Waals surface area contributed by atoms with E-state index in [0.717, 1.165) is 34.2 Å². The Bertz CT molecular complexity index is 1080. The van der Waals surface area contributed by atoms with E-state index in [1.54, 1.807) is 16.7 Å². The number of unbranched alkanes of at least 4 members (excludes halogenated alkanes) is 1. The van der Waals surface area contributed by atoms with Crippen LogP contribution in [0.25, 0.3) is 0 Å². The summed E-state index contributed by atoms with van der Waals surface area (Å²) < 4.78 is 0.956. The van der Waals surface area contributed by atoms with Crippen molar-refractivity contribution in [2.45, 2.75) is 50.9 Å². The van der Waals surface area contributed by atoms with E-state index in [-0.39, 0.29) is 11.8 Å². The zero-order chi connectivity index (χ0) is 25.6. The minimum absolute atomic E-state index is 0.00195. The summed E-state index contributed by atoms with van der Waals surface area (Å²) in [6, 6.07) is 27.6. The summed E-state index contributed by atoms with van der Waals surface area (Å²) in [7, 11) is 0. The number of benzene rings is 3. The number of amides is 2. The number of thioether (sulfide) groups is 1. The van der Waals surface area contributed by atoms with E-state index >= 15 is 0 Å². The van der Waals surface area contributed by atoms with Crippen LogP contribution in [-0.4, -0.2) is 35.1 Å². The third-order valence-corrected chi connectivity index (χ3v) is 7.44. The van der Waals surface area contributed by atoms with Gasteiger partial charge in [0.15, 0.2) is 0 Å². The molecule has 0 aliphatic heterocycles. The van der Waals surface area contributed by atoms with Crippen molar-refractivity contribution < 1.29 is 9.59 Å². The van der Waals surface area contributed by atoms with Crippen LogP contribution in [0.3, 0.4) is 0 Å². The minimum atomic E-state index is -0.574. The summed E-state index contributed by atoms with van der Waals surface area (Å²) in [5, 5.41) is 3.08. The second-order valence-corrected chi connectivity index (χ2v) is 10.8. The van der Waals surface area contributed by atoms with Crippen molar-refractivity contribution in [3.63, 3.8) is 0 Å². The molecule has 1 N–H and O–H groups in total. The van der Waals surface area contributed by atoms with Gasteiger partial charge >= 0.3 is 0 Å². The minimum Gasteiger partial charge on any atom is -0.354 e. The maximum absolute atomic E-state index is 13.6. The zero-order valence-corrected chi connectivity index (χ0v) is 23.3. The predicted molar refractivity (Wildman–Crippen MR) is 154 cm³/mol. The predicted octanol–water partition coefficient (Wildman–Crippen LogP) is 6.63. The Labute approximate surface area is 228 Å². The number of nitrogens with zero attached hydrogens (tertiary/aromatic N) is 1. The first kappa shape index (κ1) is 28.0. The quantitative estimate of drug-likeness (QED) is 0.223. The third-order valence-electron chi connectivity index (χ3n) is 5.91. The highest BCUT2D eigenvalue weighted by molar-refractivity contribution is 9.10. The average molecular weight is 568 g/mol. The van der Waals surface area contributed by atoms with Crippen molar-refractivity contribution in [3.8, 4) is 0 Å². The summed E-state index contributed by atoms with van der Waals surface area (Å²) >= 11 is 5.28. The van der Waals surface area contributed by atoms with E-state index in [0.29, 0.717) is 31.7 Å². The molecule has 4 nitrogen and oxygen atoms in total. The SMILES string of the molecule is CCCCNC(=O)[C@@H](Cc1ccccc1)N(Cc1cccc(Br)c1)C(=O)CCSCc1ccccc1. The van der Waals surface area contributed by atoms with Crippen LogP contribution in [0.1, 0.15) is 42.9 Å². The van der Waals surface area contributed by atoms with Gasteiger partial charge in [-0.15, -0.1) is 0 Å². The Morgan fingerprint density at radius 3 is 2.25 bits per heavy atom. The van der Waals surface area contributed by atoms with E-state index in [1.165, 1.54) is 5.56 Å². The van der Waals surface area contributed by atoms with Crippen molar-refractivity contribution in [1.82, 2.24) is 10.2 Å². The smallest absolute Gasteiger partial charge is 0.243 e. The number of halogens is 1. The monoisotopic (exact) mass is 566 g/mol. The fraction of sp³-hybridized carbons (Fsp3) is 0.333. The highest BCUT2D eigenvalue weighted by atomic mass is 79.9. The molecular formula is C30H35BrN2O2S. The van der Waals surface area contributed by atoms with Gasteiger partial charge in [0.2, 0.25) is 11.8 Å². The van der Waals surface area contributed by atoms with Crippen molar-refractivity contribution in [2.75, 3.05) is 12.3 Å². The lowest BCUT2D eigenvalue weighted by Gasteiger charge is -2.31. The number of hydrogen-bond donors (Lipinski definition) is 1. The maximum Gasteiger partial charge on any atom is 0.243 e. The molecule has 0 aliphatic rings. The molecule has 2 amide bonds. The molecule has 0 bridgehead atoms. The molecule has 3 aromatic carbocycles. The molecule has 0 unspecified atom stereocenters. The van der Waals surface area contributed by atoms with Gasteiger partial charge in [0, 0.05) is 41.9 Å². The van der Waals surface area contributed by atoms with Crippen LogP contribution in [0.2, 0.25) is 0 Å². The lowest BCUT2D eigenvalue weighted by Crippen LogP contribution is -2.50. The Kier molecular flexibility index (Phi) is 12.1. The molecule has 6 heteroatoms. The molecular weight excluding hydrogens is 532 g/mol. The van der Waals surface area contributed by atoms with Crippen molar-refractivity contribution in [1.29, 1.82) is 0 Å². The lowest BCUT2D eigenvalue weighted by atomic mass is 10.0. The Balaban J connectivity index is 1.78. The molecule has 36 heavy (non-hydrogen) atoms. The van der Waals surface area contributed by atoms with Crippen LogP contribution in [0.5, 0.6) is 0 Å². The van der Waals surface area contributed by atoms with Crippen LogP contribution < -0.4 is 5.32 Å². The van der Waals surface area contributed by atoms with Crippen LogP contribution in [-0.2, 0) is 28.3 Å². The summed E-state index contributed by atoms with van der Waals surface area (Å²) in [6.07, 6.45) is 2.79. The lowest BCUT2D eigenvalue weighted by molar-refractivity contribution is -0.141. The molecule has 3 rings (SSSR count). The van der Waals surface area contributed by atoms with Gasteiger partial charge in [0.25, 0.3) is 0 Å². The normalized spacial score (nSPS) is 11.6. The first-order valence-corrected chi connectivity index (χ1v) is 14.5. The number of carbonyl (C=O) groups excluding carboxylic acids is 2.